The summed E-state index contributed by atoms with van der Waals surface area (Å²) in [5, 5.41) is 13.9. The van der Waals surface area contributed by atoms with E-state index in [0.717, 1.165) is 72.9 Å². The first kappa shape index (κ1) is 24.4. The van der Waals surface area contributed by atoms with Gasteiger partial charge in [0, 0.05) is 42.6 Å². The van der Waals surface area contributed by atoms with E-state index in [0.29, 0.717) is 5.56 Å². The maximum atomic E-state index is 13.6. The molecule has 6 rings (SSSR count). The van der Waals surface area contributed by atoms with Crippen LogP contribution in [0.25, 0.3) is 10.9 Å². The molecule has 38 heavy (non-hydrogen) atoms. The van der Waals surface area contributed by atoms with Crippen LogP contribution in [0.15, 0.2) is 53.3 Å². The van der Waals surface area contributed by atoms with Crippen molar-refractivity contribution in [2.45, 2.75) is 37.8 Å². The Morgan fingerprint density at radius 3 is 2.53 bits per heavy atom. The lowest BCUT2D eigenvalue weighted by molar-refractivity contribution is 0.196. The van der Waals surface area contributed by atoms with Crippen LogP contribution in [-0.4, -0.2) is 70.5 Å². The summed E-state index contributed by atoms with van der Waals surface area (Å²) in [6.07, 6.45) is 4.44. The summed E-state index contributed by atoms with van der Waals surface area (Å²) in [6.45, 7) is 3.08. The molecule has 2 fully saturated rings. The second-order valence-electron chi connectivity index (χ2n) is 10.0. The van der Waals surface area contributed by atoms with Gasteiger partial charge in [-0.1, -0.05) is 25.0 Å². The van der Waals surface area contributed by atoms with Gasteiger partial charge < -0.3 is 19.4 Å². The summed E-state index contributed by atoms with van der Waals surface area (Å²) in [6, 6.07) is 15.6. The molecule has 2 aliphatic rings. The van der Waals surface area contributed by atoms with Crippen LogP contribution in [0.2, 0.25) is 0 Å². The van der Waals surface area contributed by atoms with Crippen LogP contribution in [0, 0.1) is 0 Å². The van der Waals surface area contributed by atoms with Crippen LogP contribution < -0.4 is 19.9 Å². The van der Waals surface area contributed by atoms with E-state index in [1.165, 1.54) is 12.8 Å². The van der Waals surface area contributed by atoms with Gasteiger partial charge in [-0.25, -0.2) is 4.68 Å². The molecule has 2 aromatic heterocycles. The zero-order valence-corrected chi connectivity index (χ0v) is 21.8. The third-order valence-electron chi connectivity index (χ3n) is 7.91. The van der Waals surface area contributed by atoms with E-state index in [1.807, 2.05) is 47.1 Å². The van der Waals surface area contributed by atoms with Crippen molar-refractivity contribution < 1.29 is 9.47 Å². The highest BCUT2D eigenvalue weighted by Crippen LogP contribution is 2.35. The minimum atomic E-state index is -0.371. The van der Waals surface area contributed by atoms with E-state index in [9.17, 15) is 4.79 Å². The smallest absolute Gasteiger partial charge is 0.253 e. The van der Waals surface area contributed by atoms with Gasteiger partial charge in [0.05, 0.1) is 25.9 Å². The SMILES string of the molecule is COc1ccc2[nH]c(=O)c([C@@H](c3nnnn3C3CCCC3)N3CCN(c4ccccc4OC)CC3)cc2c1. The number of H-pyrrole nitrogens is 1. The second-order valence-corrected chi connectivity index (χ2v) is 10.0. The van der Waals surface area contributed by atoms with E-state index in [-0.39, 0.29) is 17.6 Å². The number of hydrogen-bond acceptors (Lipinski definition) is 8. The number of anilines is 1. The molecular formula is C28H33N7O3. The molecule has 2 aromatic carbocycles. The molecule has 1 aliphatic heterocycles. The van der Waals surface area contributed by atoms with Crippen LogP contribution >= 0.6 is 0 Å². The highest BCUT2D eigenvalue weighted by Gasteiger charge is 2.35. The molecule has 0 amide bonds. The van der Waals surface area contributed by atoms with Gasteiger partial charge in [-0.15, -0.1) is 5.10 Å². The average molecular weight is 516 g/mol. The number of aromatic nitrogens is 5. The molecule has 0 unspecified atom stereocenters. The van der Waals surface area contributed by atoms with Crippen molar-refractivity contribution in [3.05, 3.63) is 70.3 Å². The topological polar surface area (TPSA) is 101 Å². The number of nitrogens with zero attached hydrogens (tertiary/aromatic N) is 6. The van der Waals surface area contributed by atoms with E-state index in [2.05, 4.69) is 36.4 Å². The fourth-order valence-corrected chi connectivity index (χ4v) is 5.93. The van der Waals surface area contributed by atoms with Crippen molar-refractivity contribution in [3.8, 4) is 11.5 Å². The molecular weight excluding hydrogens is 482 g/mol. The normalized spacial score (nSPS) is 17.7. The molecule has 0 bridgehead atoms. The Labute approximate surface area is 221 Å². The van der Waals surface area contributed by atoms with Crippen LogP contribution in [0.1, 0.15) is 49.2 Å². The third-order valence-corrected chi connectivity index (χ3v) is 7.91. The fourth-order valence-electron chi connectivity index (χ4n) is 5.93. The van der Waals surface area contributed by atoms with E-state index >= 15 is 0 Å². The van der Waals surface area contributed by atoms with Crippen molar-refractivity contribution in [2.75, 3.05) is 45.3 Å². The Morgan fingerprint density at radius 1 is 0.974 bits per heavy atom. The van der Waals surface area contributed by atoms with E-state index in [1.54, 1.807) is 14.2 Å². The monoisotopic (exact) mass is 515 g/mol. The van der Waals surface area contributed by atoms with Crippen LogP contribution in [0.3, 0.4) is 0 Å². The van der Waals surface area contributed by atoms with Crippen molar-refractivity contribution >= 4 is 16.6 Å². The van der Waals surface area contributed by atoms with Gasteiger partial charge in [-0.05, 0) is 59.7 Å². The molecule has 1 N–H and O–H groups in total. The number of nitrogens with one attached hydrogen (secondary N) is 1. The van der Waals surface area contributed by atoms with Crippen LogP contribution in [0.5, 0.6) is 11.5 Å². The molecule has 3 heterocycles. The van der Waals surface area contributed by atoms with Crippen molar-refractivity contribution in [1.29, 1.82) is 0 Å². The summed E-state index contributed by atoms with van der Waals surface area (Å²) in [5.41, 5.74) is 2.37. The Hall–Kier alpha value is -3.92. The van der Waals surface area contributed by atoms with Gasteiger partial charge in [0.2, 0.25) is 0 Å². The standard InChI is InChI=1S/C28H33N7O3/c1-37-21-11-12-23-19(17-21)18-22(28(36)29-23)26(27-30-31-32-35(27)20-7-3-4-8-20)34-15-13-33(14-16-34)24-9-5-6-10-25(24)38-2/h5-6,9-12,17-18,20,26H,3-4,7-8,13-16H2,1-2H3,(H,29,36)/t26-/m0/s1. The minimum absolute atomic E-state index is 0.124. The van der Waals surface area contributed by atoms with Crippen molar-refractivity contribution in [2.24, 2.45) is 0 Å². The molecule has 1 aliphatic carbocycles. The summed E-state index contributed by atoms with van der Waals surface area (Å²) < 4.78 is 13.0. The number of pyridine rings is 1. The summed E-state index contributed by atoms with van der Waals surface area (Å²) in [5.74, 6) is 2.34. The lowest BCUT2D eigenvalue weighted by Gasteiger charge is -2.40. The lowest BCUT2D eigenvalue weighted by Crippen LogP contribution is -2.49. The number of tetrazole rings is 1. The number of fused-ring (bicyclic) bond motifs is 1. The first-order valence-electron chi connectivity index (χ1n) is 13.3. The maximum Gasteiger partial charge on any atom is 0.253 e. The van der Waals surface area contributed by atoms with Gasteiger partial charge in [0.15, 0.2) is 5.82 Å². The van der Waals surface area contributed by atoms with Gasteiger partial charge >= 0.3 is 0 Å². The van der Waals surface area contributed by atoms with Gasteiger partial charge in [-0.3, -0.25) is 9.69 Å². The molecule has 10 heteroatoms. The largest absolute Gasteiger partial charge is 0.497 e. The molecule has 1 atom stereocenters. The predicted octanol–water partition coefficient (Wildman–Crippen LogP) is 3.56. The zero-order chi connectivity index (χ0) is 26.1. The Morgan fingerprint density at radius 2 is 1.76 bits per heavy atom. The van der Waals surface area contributed by atoms with Gasteiger partial charge in [0.25, 0.3) is 5.56 Å². The molecule has 1 saturated carbocycles. The summed E-state index contributed by atoms with van der Waals surface area (Å²) >= 11 is 0. The number of piperazine rings is 1. The van der Waals surface area contributed by atoms with Crippen molar-refractivity contribution in [3.63, 3.8) is 0 Å². The molecule has 4 aromatic rings. The maximum absolute atomic E-state index is 13.6. The Bertz CT molecular complexity index is 1470. The van der Waals surface area contributed by atoms with Crippen LogP contribution in [0.4, 0.5) is 5.69 Å². The average Bonchev–Trinajstić information content (AvgIpc) is 3.66. The van der Waals surface area contributed by atoms with E-state index in [4.69, 9.17) is 9.47 Å². The molecule has 0 spiro atoms. The summed E-state index contributed by atoms with van der Waals surface area (Å²) in [7, 11) is 3.35. The minimum Gasteiger partial charge on any atom is -0.497 e. The summed E-state index contributed by atoms with van der Waals surface area (Å²) in [4.78, 5) is 21.3. The fraction of sp³-hybridized carbons (Fsp3) is 0.429. The van der Waals surface area contributed by atoms with Crippen LogP contribution in [-0.2, 0) is 0 Å². The molecule has 0 radical (unpaired) electrons. The number of ether oxygens (including phenoxy) is 2. The number of para-hydroxylation sites is 2. The lowest BCUT2D eigenvalue weighted by atomic mass is 10.0. The quantitative estimate of drug-likeness (QED) is 0.399. The van der Waals surface area contributed by atoms with Gasteiger partial charge in [-0.2, -0.15) is 0 Å². The number of aromatic amines is 1. The van der Waals surface area contributed by atoms with Crippen molar-refractivity contribution in [1.82, 2.24) is 30.1 Å². The second kappa shape index (κ2) is 10.4. The molecule has 1 saturated heterocycles. The third kappa shape index (κ3) is 4.49. The predicted molar refractivity (Wildman–Crippen MR) is 145 cm³/mol. The van der Waals surface area contributed by atoms with E-state index < -0.39 is 0 Å². The molecule has 198 valence electrons. The number of methoxy groups -OCH3 is 2. The first-order valence-corrected chi connectivity index (χ1v) is 13.3. The highest BCUT2D eigenvalue weighted by molar-refractivity contribution is 5.80. The zero-order valence-electron chi connectivity index (χ0n) is 21.8. The Kier molecular flexibility index (Phi) is 6.71. The Balaban J connectivity index is 1.39. The van der Waals surface area contributed by atoms with Gasteiger partial charge in [0.1, 0.15) is 17.5 Å². The molecule has 10 nitrogen and oxygen atoms in total. The number of rotatable bonds is 7. The number of hydrogen-bond donors (Lipinski definition) is 1. The highest BCUT2D eigenvalue weighted by atomic mass is 16.5. The number of benzene rings is 2. The first-order chi connectivity index (χ1) is 18.7.